The maximum atomic E-state index is 5.16. The van der Waals surface area contributed by atoms with E-state index in [0.717, 1.165) is 25.3 Å². The number of rotatable bonds is 6. The minimum Gasteiger partial charge on any atom is -0.497 e. The van der Waals surface area contributed by atoms with Crippen molar-refractivity contribution in [3.8, 4) is 5.75 Å². The largest absolute Gasteiger partial charge is 0.497 e. The number of methoxy groups -OCH3 is 1. The highest BCUT2D eigenvalue weighted by molar-refractivity contribution is 5.27. The molecule has 0 saturated carbocycles. The standard InChI is InChI=1S/C15H21N3O/c1-12-14(10-16-2)11-17-18(12)9-8-13-4-6-15(19-3)7-5-13/h4-7,11,16H,8-10H2,1-3H3. The zero-order valence-electron chi connectivity index (χ0n) is 11.8. The fourth-order valence-corrected chi connectivity index (χ4v) is 2.10. The third kappa shape index (κ3) is 3.35. The molecule has 0 saturated heterocycles. The van der Waals surface area contributed by atoms with Crippen molar-refractivity contribution in [3.05, 3.63) is 47.3 Å². The molecule has 2 rings (SSSR count). The topological polar surface area (TPSA) is 39.1 Å². The third-order valence-electron chi connectivity index (χ3n) is 3.34. The van der Waals surface area contributed by atoms with Gasteiger partial charge in [0.2, 0.25) is 0 Å². The van der Waals surface area contributed by atoms with E-state index in [4.69, 9.17) is 4.74 Å². The molecule has 0 bridgehead atoms. The fourth-order valence-electron chi connectivity index (χ4n) is 2.10. The lowest BCUT2D eigenvalue weighted by atomic mass is 10.1. The number of aromatic nitrogens is 2. The molecule has 1 heterocycles. The first kappa shape index (κ1) is 13.6. The van der Waals surface area contributed by atoms with Crippen molar-refractivity contribution in [3.63, 3.8) is 0 Å². The lowest BCUT2D eigenvalue weighted by Gasteiger charge is -2.06. The van der Waals surface area contributed by atoms with Gasteiger partial charge in [0.15, 0.2) is 0 Å². The molecule has 1 aromatic carbocycles. The maximum absolute atomic E-state index is 5.16. The van der Waals surface area contributed by atoms with Crippen LogP contribution in [0.2, 0.25) is 0 Å². The molecular weight excluding hydrogens is 238 g/mol. The van der Waals surface area contributed by atoms with Crippen molar-refractivity contribution < 1.29 is 4.74 Å². The van der Waals surface area contributed by atoms with Crippen LogP contribution in [0.5, 0.6) is 5.75 Å². The van der Waals surface area contributed by atoms with Crippen molar-refractivity contribution in [1.82, 2.24) is 15.1 Å². The minimum atomic E-state index is 0.869. The molecule has 0 aliphatic carbocycles. The van der Waals surface area contributed by atoms with E-state index in [-0.39, 0.29) is 0 Å². The van der Waals surface area contributed by atoms with Gasteiger partial charge in [0.1, 0.15) is 5.75 Å². The Kier molecular flexibility index (Phi) is 4.58. The Balaban J connectivity index is 1.97. The van der Waals surface area contributed by atoms with E-state index in [1.807, 2.05) is 25.4 Å². The molecule has 1 aromatic heterocycles. The van der Waals surface area contributed by atoms with E-state index in [0.29, 0.717) is 0 Å². The van der Waals surface area contributed by atoms with Crippen LogP contribution in [0.15, 0.2) is 30.5 Å². The Bertz CT molecular complexity index is 517. The summed E-state index contributed by atoms with van der Waals surface area (Å²) in [6.07, 6.45) is 2.92. The van der Waals surface area contributed by atoms with E-state index in [2.05, 4.69) is 34.2 Å². The molecule has 4 heteroatoms. The highest BCUT2D eigenvalue weighted by Gasteiger charge is 2.05. The molecule has 19 heavy (non-hydrogen) atoms. The van der Waals surface area contributed by atoms with E-state index < -0.39 is 0 Å². The van der Waals surface area contributed by atoms with Crippen molar-refractivity contribution in [2.24, 2.45) is 0 Å². The van der Waals surface area contributed by atoms with Crippen molar-refractivity contribution in [2.45, 2.75) is 26.4 Å². The summed E-state index contributed by atoms with van der Waals surface area (Å²) >= 11 is 0. The van der Waals surface area contributed by atoms with Gasteiger partial charge in [0.05, 0.1) is 13.3 Å². The van der Waals surface area contributed by atoms with Crippen LogP contribution in [0.4, 0.5) is 0 Å². The second-order valence-corrected chi connectivity index (χ2v) is 4.61. The quantitative estimate of drug-likeness (QED) is 0.864. The SMILES string of the molecule is CNCc1cnn(CCc2ccc(OC)cc2)c1C. The summed E-state index contributed by atoms with van der Waals surface area (Å²) in [4.78, 5) is 0. The Morgan fingerprint density at radius 3 is 2.63 bits per heavy atom. The summed E-state index contributed by atoms with van der Waals surface area (Å²) in [5, 5.41) is 7.59. The molecule has 0 radical (unpaired) electrons. The normalized spacial score (nSPS) is 10.7. The van der Waals surface area contributed by atoms with Crippen molar-refractivity contribution in [1.29, 1.82) is 0 Å². The number of hydrogen-bond acceptors (Lipinski definition) is 3. The molecule has 0 spiro atoms. The van der Waals surface area contributed by atoms with E-state index in [1.54, 1.807) is 7.11 Å². The van der Waals surface area contributed by atoms with E-state index in [1.165, 1.54) is 16.8 Å². The molecule has 0 aliphatic heterocycles. The average molecular weight is 259 g/mol. The van der Waals surface area contributed by atoms with Crippen LogP contribution < -0.4 is 10.1 Å². The Hall–Kier alpha value is -1.81. The molecule has 4 nitrogen and oxygen atoms in total. The highest BCUT2D eigenvalue weighted by atomic mass is 16.5. The zero-order chi connectivity index (χ0) is 13.7. The highest BCUT2D eigenvalue weighted by Crippen LogP contribution is 2.13. The summed E-state index contributed by atoms with van der Waals surface area (Å²) < 4.78 is 7.22. The zero-order valence-corrected chi connectivity index (χ0v) is 11.8. The lowest BCUT2D eigenvalue weighted by Crippen LogP contribution is -2.08. The van der Waals surface area contributed by atoms with Gasteiger partial charge in [-0.2, -0.15) is 5.10 Å². The summed E-state index contributed by atoms with van der Waals surface area (Å²) in [7, 11) is 3.64. The monoisotopic (exact) mass is 259 g/mol. The second kappa shape index (κ2) is 6.38. The van der Waals surface area contributed by atoms with Crippen molar-refractivity contribution in [2.75, 3.05) is 14.2 Å². The molecular formula is C15H21N3O. The van der Waals surface area contributed by atoms with Gasteiger partial charge in [-0.05, 0) is 38.1 Å². The smallest absolute Gasteiger partial charge is 0.118 e. The fraction of sp³-hybridized carbons (Fsp3) is 0.400. The molecule has 1 N–H and O–H groups in total. The Morgan fingerprint density at radius 2 is 2.00 bits per heavy atom. The lowest BCUT2D eigenvalue weighted by molar-refractivity contribution is 0.414. The molecule has 0 atom stereocenters. The molecule has 102 valence electrons. The van der Waals surface area contributed by atoms with Gasteiger partial charge in [-0.3, -0.25) is 4.68 Å². The third-order valence-corrected chi connectivity index (χ3v) is 3.34. The number of nitrogens with one attached hydrogen (secondary N) is 1. The number of hydrogen-bond donors (Lipinski definition) is 1. The van der Waals surface area contributed by atoms with E-state index >= 15 is 0 Å². The van der Waals surface area contributed by atoms with Crippen molar-refractivity contribution >= 4 is 0 Å². The number of nitrogens with zero attached hydrogens (tertiary/aromatic N) is 2. The average Bonchev–Trinajstić information content (AvgIpc) is 2.79. The first-order valence-corrected chi connectivity index (χ1v) is 6.53. The van der Waals surface area contributed by atoms with E-state index in [9.17, 15) is 0 Å². The predicted octanol–water partition coefficient (Wildman–Crippen LogP) is 2.16. The first-order chi connectivity index (χ1) is 9.24. The molecule has 0 aliphatic rings. The number of ether oxygens (including phenoxy) is 1. The summed E-state index contributed by atoms with van der Waals surface area (Å²) in [6, 6.07) is 8.20. The van der Waals surface area contributed by atoms with Crippen LogP contribution >= 0.6 is 0 Å². The second-order valence-electron chi connectivity index (χ2n) is 4.61. The van der Waals surface area contributed by atoms with Gasteiger partial charge in [-0.25, -0.2) is 0 Å². The van der Waals surface area contributed by atoms with Gasteiger partial charge in [-0.1, -0.05) is 12.1 Å². The van der Waals surface area contributed by atoms with Crippen LogP contribution in [-0.2, 0) is 19.5 Å². The Labute approximate surface area is 114 Å². The van der Waals surface area contributed by atoms with Gasteiger partial charge in [0.25, 0.3) is 0 Å². The van der Waals surface area contributed by atoms with Crippen LogP contribution in [0.3, 0.4) is 0 Å². The first-order valence-electron chi connectivity index (χ1n) is 6.53. The van der Waals surface area contributed by atoms with Gasteiger partial charge < -0.3 is 10.1 Å². The van der Waals surface area contributed by atoms with Crippen LogP contribution in [0, 0.1) is 6.92 Å². The number of benzene rings is 1. The van der Waals surface area contributed by atoms with Gasteiger partial charge in [-0.15, -0.1) is 0 Å². The van der Waals surface area contributed by atoms with Gasteiger partial charge >= 0.3 is 0 Å². The van der Waals surface area contributed by atoms with Gasteiger partial charge in [0, 0.05) is 24.3 Å². The molecule has 0 amide bonds. The minimum absolute atomic E-state index is 0.869. The maximum Gasteiger partial charge on any atom is 0.118 e. The summed E-state index contributed by atoms with van der Waals surface area (Å²) in [5.41, 5.74) is 3.80. The predicted molar refractivity (Wildman–Crippen MR) is 76.4 cm³/mol. The van der Waals surface area contributed by atoms with Crippen LogP contribution in [0.25, 0.3) is 0 Å². The summed E-state index contributed by atoms with van der Waals surface area (Å²) in [5.74, 6) is 0.898. The molecule has 0 fully saturated rings. The number of aryl methyl sites for hydroxylation is 2. The molecule has 0 unspecified atom stereocenters. The Morgan fingerprint density at radius 1 is 1.26 bits per heavy atom. The van der Waals surface area contributed by atoms with Crippen LogP contribution in [0.1, 0.15) is 16.8 Å². The summed E-state index contributed by atoms with van der Waals surface area (Å²) in [6.45, 7) is 3.89. The van der Waals surface area contributed by atoms with Crippen LogP contribution in [-0.4, -0.2) is 23.9 Å². The molecule has 2 aromatic rings.